The summed E-state index contributed by atoms with van der Waals surface area (Å²) in [7, 11) is 1.13. The first-order valence-corrected chi connectivity index (χ1v) is 12.8. The van der Waals surface area contributed by atoms with Gasteiger partial charge >= 0.3 is 29.8 Å². The lowest BCUT2D eigenvalue weighted by molar-refractivity contribution is -0.153. The molecule has 14 heteroatoms. The summed E-state index contributed by atoms with van der Waals surface area (Å²) in [5.41, 5.74) is 0.351. The summed E-state index contributed by atoms with van der Waals surface area (Å²) >= 11 is 1.16. The van der Waals surface area contributed by atoms with Gasteiger partial charge in [0.15, 0.2) is 6.04 Å². The van der Waals surface area contributed by atoms with Crippen LogP contribution in [0.25, 0.3) is 0 Å². The number of amides is 5. The summed E-state index contributed by atoms with van der Waals surface area (Å²) in [5, 5.41) is 16.6. The summed E-state index contributed by atoms with van der Waals surface area (Å²) < 4.78 is 4.05. The molecule has 38 heavy (non-hydrogen) atoms. The second-order valence-electron chi connectivity index (χ2n) is 9.22. The molecule has 0 bridgehead atoms. The lowest BCUT2D eigenvalue weighted by atomic mass is 10.0. The summed E-state index contributed by atoms with van der Waals surface area (Å²) in [6.45, 7) is 5.54. The van der Waals surface area contributed by atoms with Gasteiger partial charge in [0.25, 0.3) is 0 Å². The van der Waals surface area contributed by atoms with Gasteiger partial charge in [-0.25, -0.2) is 9.59 Å². The number of carboxylic acids is 1. The average Bonchev–Trinajstić information content (AvgIpc) is 3.22. The van der Waals surface area contributed by atoms with Crippen molar-refractivity contribution in [3.05, 3.63) is 35.9 Å². The van der Waals surface area contributed by atoms with E-state index in [1.807, 2.05) is 0 Å². The first-order valence-electron chi connectivity index (χ1n) is 11.9. The molecule has 2 saturated heterocycles. The topological polar surface area (TPSA) is 174 Å². The molecule has 2 fully saturated rings. The number of carboxylic acid groups (broad SMARTS) is 1. The Morgan fingerprint density at radius 1 is 1.13 bits per heavy atom. The zero-order valence-electron chi connectivity index (χ0n) is 21.4. The van der Waals surface area contributed by atoms with Crippen LogP contribution in [0.3, 0.4) is 0 Å². The summed E-state index contributed by atoms with van der Waals surface area (Å²) in [6, 6.07) is 3.53. The van der Waals surface area contributed by atoms with E-state index in [-0.39, 0.29) is 13.1 Å². The van der Waals surface area contributed by atoms with Gasteiger partial charge in [-0.2, -0.15) is 0 Å². The maximum atomic E-state index is 13.5. The molecule has 206 valence electrons. The highest BCUT2D eigenvalue weighted by Gasteiger charge is 2.50. The lowest BCUT2D eigenvalue weighted by Gasteiger charge is -2.33. The van der Waals surface area contributed by atoms with Crippen LogP contribution in [0, 0.1) is 0 Å². The van der Waals surface area contributed by atoms with Gasteiger partial charge in [0.05, 0.1) is 12.5 Å². The molecular formula is C24H31N5O8S. The standard InChI is InChI=1S/C24H31N5O8S/c1-5-28-11-12-29(20(32)19(28)31)23(36)26-14(13-9-7-6-8-10-13)17(30)25-15(22(35)37-4)18-27-16(21(33)34)24(2,3)38-18/h6-10,14-16,18,27H,5,11-12H2,1-4H3,(H,25,30)(H,26,36)(H,33,34)/t14-,15+,16+,18?/m1/s1. The number of aliphatic carboxylic acids is 1. The van der Waals surface area contributed by atoms with E-state index >= 15 is 0 Å². The van der Waals surface area contributed by atoms with Crippen molar-refractivity contribution in [1.82, 2.24) is 25.8 Å². The minimum atomic E-state index is -1.35. The van der Waals surface area contributed by atoms with Crippen molar-refractivity contribution in [2.24, 2.45) is 0 Å². The Balaban J connectivity index is 1.84. The fourth-order valence-electron chi connectivity index (χ4n) is 4.27. The van der Waals surface area contributed by atoms with Crippen LogP contribution in [-0.4, -0.2) is 99.5 Å². The number of nitrogens with one attached hydrogen (secondary N) is 3. The first-order chi connectivity index (χ1) is 17.9. The quantitative estimate of drug-likeness (QED) is 0.248. The highest BCUT2D eigenvalue weighted by molar-refractivity contribution is 8.01. The minimum Gasteiger partial charge on any atom is -0.480 e. The Kier molecular flexibility index (Phi) is 8.99. The Bertz CT molecular complexity index is 1110. The predicted molar refractivity (Wildman–Crippen MR) is 136 cm³/mol. The van der Waals surface area contributed by atoms with Crippen LogP contribution in [0.1, 0.15) is 32.4 Å². The maximum Gasteiger partial charge on any atom is 0.330 e. The smallest absolute Gasteiger partial charge is 0.330 e. The molecule has 4 N–H and O–H groups in total. The second-order valence-corrected chi connectivity index (χ2v) is 11.0. The Hall–Kier alpha value is -3.65. The van der Waals surface area contributed by atoms with Crippen LogP contribution in [0.4, 0.5) is 4.79 Å². The van der Waals surface area contributed by atoms with Crippen LogP contribution in [-0.2, 0) is 28.7 Å². The molecule has 3 rings (SSSR count). The number of ether oxygens (including phenoxy) is 1. The summed E-state index contributed by atoms with van der Waals surface area (Å²) in [6.07, 6.45) is 0. The third-order valence-corrected chi connectivity index (χ3v) is 7.86. The number of piperazine rings is 1. The summed E-state index contributed by atoms with van der Waals surface area (Å²) in [4.78, 5) is 77.7. The molecule has 2 aliphatic heterocycles. The lowest BCUT2D eigenvalue weighted by Crippen LogP contribution is -2.60. The number of urea groups is 1. The fourth-order valence-corrected chi connectivity index (χ4v) is 5.74. The molecule has 0 saturated carbocycles. The zero-order chi connectivity index (χ0) is 28.2. The van der Waals surface area contributed by atoms with Crippen molar-refractivity contribution < 1.29 is 38.6 Å². The summed E-state index contributed by atoms with van der Waals surface area (Å²) in [5.74, 6) is -4.56. The Morgan fingerprint density at radius 3 is 2.34 bits per heavy atom. The van der Waals surface area contributed by atoms with Crippen molar-refractivity contribution in [2.75, 3.05) is 26.7 Å². The van der Waals surface area contributed by atoms with Crippen molar-refractivity contribution >= 4 is 47.5 Å². The van der Waals surface area contributed by atoms with Crippen molar-refractivity contribution in [1.29, 1.82) is 0 Å². The van der Waals surface area contributed by atoms with Crippen molar-refractivity contribution in [2.45, 2.75) is 49.0 Å². The van der Waals surface area contributed by atoms with Gasteiger partial charge in [0.2, 0.25) is 5.91 Å². The number of benzene rings is 1. The molecule has 0 aromatic heterocycles. The van der Waals surface area contributed by atoms with E-state index < -0.39 is 63.9 Å². The van der Waals surface area contributed by atoms with Gasteiger partial charge in [-0.3, -0.25) is 29.4 Å². The number of esters is 1. The third kappa shape index (κ3) is 6.07. The normalized spacial score (nSPS) is 22.4. The van der Waals surface area contributed by atoms with E-state index in [1.54, 1.807) is 51.1 Å². The van der Waals surface area contributed by atoms with Gasteiger partial charge in [-0.15, -0.1) is 11.8 Å². The second kappa shape index (κ2) is 11.8. The first kappa shape index (κ1) is 28.9. The van der Waals surface area contributed by atoms with E-state index in [4.69, 9.17) is 4.74 Å². The molecule has 1 aromatic carbocycles. The number of nitrogens with zero attached hydrogens (tertiary/aromatic N) is 2. The molecule has 4 atom stereocenters. The van der Waals surface area contributed by atoms with Gasteiger partial charge in [0.1, 0.15) is 12.1 Å². The third-order valence-electron chi connectivity index (χ3n) is 6.36. The van der Waals surface area contributed by atoms with E-state index in [9.17, 15) is 33.9 Å². The van der Waals surface area contributed by atoms with Crippen LogP contribution in [0.15, 0.2) is 30.3 Å². The highest BCUT2D eigenvalue weighted by Crippen LogP contribution is 2.39. The van der Waals surface area contributed by atoms with Gasteiger partial charge in [0, 0.05) is 24.4 Å². The highest BCUT2D eigenvalue weighted by atomic mass is 32.2. The minimum absolute atomic E-state index is 0.0492. The fraction of sp³-hybridized carbons (Fsp3) is 0.500. The average molecular weight is 550 g/mol. The molecule has 1 aromatic rings. The van der Waals surface area contributed by atoms with E-state index in [0.717, 1.165) is 23.8 Å². The SMILES string of the molecule is CCN1CCN(C(=O)N[C@@H](C(=O)N[C@H](C(=O)OC)C2N[C@@H](C(=O)O)C(C)(C)S2)c2ccccc2)C(=O)C1=O. The molecule has 1 unspecified atom stereocenters. The number of likely N-dealkylation sites (N-methyl/N-ethyl adjacent to an activating group) is 1. The number of hydrogen-bond donors (Lipinski definition) is 4. The van der Waals surface area contributed by atoms with E-state index in [0.29, 0.717) is 12.1 Å². The molecule has 2 aliphatic rings. The molecule has 2 heterocycles. The number of rotatable bonds is 8. The van der Waals surface area contributed by atoms with Gasteiger partial charge in [-0.1, -0.05) is 30.3 Å². The van der Waals surface area contributed by atoms with E-state index in [1.165, 1.54) is 4.90 Å². The molecule has 0 aliphatic carbocycles. The van der Waals surface area contributed by atoms with Gasteiger partial charge < -0.3 is 25.4 Å². The number of carbonyl (C=O) groups is 6. The molecule has 0 spiro atoms. The molecule has 0 radical (unpaired) electrons. The van der Waals surface area contributed by atoms with E-state index in [2.05, 4.69) is 16.0 Å². The predicted octanol–water partition coefficient (Wildman–Crippen LogP) is -0.320. The van der Waals surface area contributed by atoms with Crippen LogP contribution < -0.4 is 16.0 Å². The maximum absolute atomic E-state index is 13.5. The molecule has 13 nitrogen and oxygen atoms in total. The number of thioether (sulfide) groups is 1. The zero-order valence-corrected chi connectivity index (χ0v) is 22.2. The van der Waals surface area contributed by atoms with Crippen LogP contribution in [0.5, 0.6) is 0 Å². The molecule has 5 amide bonds. The van der Waals surface area contributed by atoms with Crippen LogP contribution in [0.2, 0.25) is 0 Å². The van der Waals surface area contributed by atoms with Crippen molar-refractivity contribution in [3.8, 4) is 0 Å². The monoisotopic (exact) mass is 549 g/mol. The Morgan fingerprint density at radius 2 is 1.79 bits per heavy atom. The largest absolute Gasteiger partial charge is 0.480 e. The number of hydrogen-bond acceptors (Lipinski definition) is 9. The van der Waals surface area contributed by atoms with Crippen molar-refractivity contribution in [3.63, 3.8) is 0 Å². The number of imide groups is 1. The number of methoxy groups -OCH3 is 1. The Labute approximate surface area is 223 Å². The van der Waals surface area contributed by atoms with Crippen LogP contribution >= 0.6 is 11.8 Å². The molecular weight excluding hydrogens is 518 g/mol. The van der Waals surface area contributed by atoms with Gasteiger partial charge in [-0.05, 0) is 26.3 Å². The number of carbonyl (C=O) groups excluding carboxylic acids is 5.